The highest BCUT2D eigenvalue weighted by atomic mass is 15.3. The predicted molar refractivity (Wildman–Crippen MR) is 83.9 cm³/mol. The highest BCUT2D eigenvalue weighted by Crippen LogP contribution is 2.26. The zero-order chi connectivity index (χ0) is 15.4. The van der Waals surface area contributed by atoms with E-state index in [1.54, 1.807) is 6.33 Å². The lowest BCUT2D eigenvalue weighted by Crippen LogP contribution is -2.08. The van der Waals surface area contributed by atoms with Gasteiger partial charge in [0.15, 0.2) is 0 Å². The van der Waals surface area contributed by atoms with Crippen molar-refractivity contribution < 1.29 is 0 Å². The van der Waals surface area contributed by atoms with Gasteiger partial charge in [0, 0.05) is 23.3 Å². The number of H-pyrrole nitrogens is 1. The largest absolute Gasteiger partial charge is 0.346 e. The molecule has 3 aromatic heterocycles. The standard InChI is InChI=1S/C16H18N6/c1-2-3-4-13(5-7-17)22-10-12(9-21-22)15-14-6-8-18-16(14)20-11-19-15/h6,8-11,13H,2-5H2,1H3,(H,18,19,20)/t13-/m0/s1. The Morgan fingerprint density at radius 3 is 3.14 bits per heavy atom. The lowest BCUT2D eigenvalue weighted by Gasteiger charge is -2.13. The number of nitrogens with zero attached hydrogens (tertiary/aromatic N) is 5. The molecule has 0 amide bonds. The zero-order valence-electron chi connectivity index (χ0n) is 12.5. The van der Waals surface area contributed by atoms with Gasteiger partial charge in [-0.15, -0.1) is 0 Å². The molecule has 0 saturated carbocycles. The number of hydrogen-bond acceptors (Lipinski definition) is 4. The minimum atomic E-state index is 0.127. The van der Waals surface area contributed by atoms with Gasteiger partial charge in [0.1, 0.15) is 12.0 Å². The fraction of sp³-hybridized carbons (Fsp3) is 0.375. The summed E-state index contributed by atoms with van der Waals surface area (Å²) in [5.74, 6) is 0. The summed E-state index contributed by atoms with van der Waals surface area (Å²) in [5.41, 5.74) is 2.63. The molecule has 0 aliphatic rings. The predicted octanol–water partition coefficient (Wildman–Crippen LogP) is 3.47. The molecule has 0 aromatic carbocycles. The summed E-state index contributed by atoms with van der Waals surface area (Å²) in [7, 11) is 0. The third-order valence-corrected chi connectivity index (χ3v) is 3.82. The SMILES string of the molecule is CCCC[C@@H](CC#N)n1cc(-c2ncnc3[nH]ccc23)cn1. The molecule has 3 aromatic rings. The second kappa shape index (κ2) is 6.39. The van der Waals surface area contributed by atoms with Crippen LogP contribution in [-0.2, 0) is 0 Å². The number of aromatic amines is 1. The number of aromatic nitrogens is 5. The van der Waals surface area contributed by atoms with Crippen LogP contribution in [0.4, 0.5) is 0 Å². The van der Waals surface area contributed by atoms with E-state index in [2.05, 4.69) is 33.0 Å². The lowest BCUT2D eigenvalue weighted by atomic mass is 10.1. The number of rotatable bonds is 6. The number of fused-ring (bicyclic) bond motifs is 1. The summed E-state index contributed by atoms with van der Waals surface area (Å²) in [4.78, 5) is 11.7. The van der Waals surface area contributed by atoms with Crippen LogP contribution in [0.3, 0.4) is 0 Å². The summed E-state index contributed by atoms with van der Waals surface area (Å²) in [6, 6.07) is 4.35. The molecule has 0 spiro atoms. The monoisotopic (exact) mass is 294 g/mol. The van der Waals surface area contributed by atoms with Gasteiger partial charge < -0.3 is 4.98 Å². The Balaban J connectivity index is 1.92. The van der Waals surface area contributed by atoms with Crippen LogP contribution < -0.4 is 0 Å². The number of nitrogens with one attached hydrogen (secondary N) is 1. The van der Waals surface area contributed by atoms with Gasteiger partial charge in [0.25, 0.3) is 0 Å². The first kappa shape index (κ1) is 14.3. The Morgan fingerprint density at radius 2 is 2.32 bits per heavy atom. The van der Waals surface area contributed by atoms with Crippen molar-refractivity contribution in [2.75, 3.05) is 0 Å². The second-order valence-electron chi connectivity index (χ2n) is 5.33. The Labute approximate surface area is 128 Å². The van der Waals surface area contributed by atoms with Gasteiger partial charge >= 0.3 is 0 Å². The Kier molecular flexibility index (Phi) is 4.15. The van der Waals surface area contributed by atoms with E-state index in [1.807, 2.05) is 29.3 Å². The molecule has 3 heterocycles. The number of unbranched alkanes of at least 4 members (excludes halogenated alkanes) is 1. The topological polar surface area (TPSA) is 83.2 Å². The fourth-order valence-corrected chi connectivity index (χ4v) is 2.64. The molecule has 1 N–H and O–H groups in total. The molecule has 6 heteroatoms. The molecule has 0 bridgehead atoms. The van der Waals surface area contributed by atoms with Gasteiger partial charge in [-0.05, 0) is 12.5 Å². The van der Waals surface area contributed by atoms with Crippen molar-refractivity contribution in [3.63, 3.8) is 0 Å². The molecule has 0 saturated heterocycles. The third kappa shape index (κ3) is 2.70. The maximum atomic E-state index is 9.02. The maximum Gasteiger partial charge on any atom is 0.141 e. The molecule has 6 nitrogen and oxygen atoms in total. The smallest absolute Gasteiger partial charge is 0.141 e. The van der Waals surface area contributed by atoms with Crippen LogP contribution in [-0.4, -0.2) is 24.7 Å². The molecule has 0 aliphatic heterocycles. The van der Waals surface area contributed by atoms with Crippen molar-refractivity contribution in [2.45, 2.75) is 38.6 Å². The van der Waals surface area contributed by atoms with Crippen molar-refractivity contribution >= 4 is 11.0 Å². The molecule has 0 unspecified atom stereocenters. The van der Waals surface area contributed by atoms with Crippen molar-refractivity contribution in [3.8, 4) is 17.3 Å². The van der Waals surface area contributed by atoms with Crippen molar-refractivity contribution in [1.29, 1.82) is 5.26 Å². The van der Waals surface area contributed by atoms with E-state index >= 15 is 0 Å². The number of nitriles is 1. The first-order valence-corrected chi connectivity index (χ1v) is 7.53. The summed E-state index contributed by atoms with van der Waals surface area (Å²) < 4.78 is 1.90. The van der Waals surface area contributed by atoms with Crippen LogP contribution in [0.25, 0.3) is 22.3 Å². The van der Waals surface area contributed by atoms with Gasteiger partial charge in [-0.1, -0.05) is 19.8 Å². The van der Waals surface area contributed by atoms with Crippen LogP contribution in [0.15, 0.2) is 31.0 Å². The van der Waals surface area contributed by atoms with Gasteiger partial charge in [-0.2, -0.15) is 10.4 Å². The molecule has 0 radical (unpaired) electrons. The van der Waals surface area contributed by atoms with E-state index in [1.165, 1.54) is 0 Å². The first-order valence-electron chi connectivity index (χ1n) is 7.53. The van der Waals surface area contributed by atoms with E-state index in [-0.39, 0.29) is 6.04 Å². The minimum Gasteiger partial charge on any atom is -0.346 e. The molecule has 0 fully saturated rings. The van der Waals surface area contributed by atoms with Crippen LogP contribution >= 0.6 is 0 Å². The quantitative estimate of drug-likeness (QED) is 0.754. The van der Waals surface area contributed by atoms with Gasteiger partial charge in [0.05, 0.1) is 30.4 Å². The minimum absolute atomic E-state index is 0.127. The molecule has 3 rings (SSSR count). The molecule has 1 atom stereocenters. The van der Waals surface area contributed by atoms with E-state index in [9.17, 15) is 0 Å². The van der Waals surface area contributed by atoms with Crippen LogP contribution in [0.1, 0.15) is 38.6 Å². The van der Waals surface area contributed by atoms with Crippen molar-refractivity contribution in [2.24, 2.45) is 0 Å². The Morgan fingerprint density at radius 1 is 1.41 bits per heavy atom. The van der Waals surface area contributed by atoms with Gasteiger partial charge in [-0.25, -0.2) is 9.97 Å². The molecule has 0 aliphatic carbocycles. The summed E-state index contributed by atoms with van der Waals surface area (Å²) in [5, 5.41) is 14.4. The average molecular weight is 294 g/mol. The van der Waals surface area contributed by atoms with Crippen molar-refractivity contribution in [3.05, 3.63) is 31.0 Å². The summed E-state index contributed by atoms with van der Waals surface area (Å²) in [6.45, 7) is 2.15. The lowest BCUT2D eigenvalue weighted by molar-refractivity contribution is 0.418. The first-order chi connectivity index (χ1) is 10.8. The highest BCUT2D eigenvalue weighted by molar-refractivity contribution is 5.89. The van der Waals surface area contributed by atoms with Crippen LogP contribution in [0, 0.1) is 11.3 Å². The van der Waals surface area contributed by atoms with Gasteiger partial charge in [-0.3, -0.25) is 4.68 Å². The van der Waals surface area contributed by atoms with E-state index < -0.39 is 0 Å². The fourth-order valence-electron chi connectivity index (χ4n) is 2.64. The van der Waals surface area contributed by atoms with Crippen LogP contribution in [0.5, 0.6) is 0 Å². The zero-order valence-corrected chi connectivity index (χ0v) is 12.5. The second-order valence-corrected chi connectivity index (χ2v) is 5.33. The molecular weight excluding hydrogens is 276 g/mol. The van der Waals surface area contributed by atoms with Crippen LogP contribution in [0.2, 0.25) is 0 Å². The maximum absolute atomic E-state index is 9.02. The van der Waals surface area contributed by atoms with E-state index in [0.717, 1.165) is 41.6 Å². The normalized spacial score (nSPS) is 12.4. The summed E-state index contributed by atoms with van der Waals surface area (Å²) in [6.07, 6.45) is 10.8. The Bertz CT molecular complexity index is 794. The van der Waals surface area contributed by atoms with Crippen molar-refractivity contribution in [1.82, 2.24) is 24.7 Å². The molecule has 112 valence electrons. The highest BCUT2D eigenvalue weighted by Gasteiger charge is 2.14. The average Bonchev–Trinajstić information content (AvgIpc) is 3.19. The van der Waals surface area contributed by atoms with E-state index in [4.69, 9.17) is 5.26 Å². The Hall–Kier alpha value is -2.68. The van der Waals surface area contributed by atoms with E-state index in [0.29, 0.717) is 6.42 Å². The number of hydrogen-bond donors (Lipinski definition) is 1. The third-order valence-electron chi connectivity index (χ3n) is 3.82. The van der Waals surface area contributed by atoms with Gasteiger partial charge in [0.2, 0.25) is 0 Å². The summed E-state index contributed by atoms with van der Waals surface area (Å²) >= 11 is 0. The molecule has 22 heavy (non-hydrogen) atoms. The molecular formula is C16H18N6.